The molecule has 0 aliphatic carbocycles. The molecule has 2 aromatic carbocycles. The summed E-state index contributed by atoms with van der Waals surface area (Å²) in [6.45, 7) is 15.2. The molecule has 21 heteroatoms. The van der Waals surface area contributed by atoms with E-state index in [4.69, 9.17) is 35.4 Å². The first-order valence-electron chi connectivity index (χ1n) is 18.4. The lowest BCUT2D eigenvalue weighted by atomic mass is 9.97. The topological polar surface area (TPSA) is 200 Å². The number of benzene rings is 2. The van der Waals surface area contributed by atoms with Crippen LogP contribution in [0.1, 0.15) is 70.7 Å². The average molecular weight is 1120 g/mol. The van der Waals surface area contributed by atoms with Crippen LogP contribution in [-0.4, -0.2) is 78.3 Å². The molecule has 0 saturated heterocycles. The van der Waals surface area contributed by atoms with Crippen molar-refractivity contribution < 1.29 is 23.3 Å². The van der Waals surface area contributed by atoms with Crippen LogP contribution >= 0.6 is 68.7 Å². The van der Waals surface area contributed by atoms with Crippen molar-refractivity contribution in [3.8, 4) is 23.0 Å². The Bertz CT molecular complexity index is 2450. The number of nitrogens with one attached hydrogen (secondary N) is 2. The summed E-state index contributed by atoms with van der Waals surface area (Å²) in [6, 6.07) is 8.23. The van der Waals surface area contributed by atoms with E-state index in [-0.39, 0.29) is 54.5 Å². The molecule has 8 rings (SSSR count). The molecule has 16 nitrogen and oxygen atoms in total. The van der Waals surface area contributed by atoms with Crippen molar-refractivity contribution in [1.29, 1.82) is 0 Å². The minimum absolute atomic E-state index is 0. The van der Waals surface area contributed by atoms with Crippen molar-refractivity contribution in [2.75, 3.05) is 44.7 Å². The molecule has 2 aliphatic heterocycles. The number of aromatic nitrogens is 8. The summed E-state index contributed by atoms with van der Waals surface area (Å²) in [5, 5.41) is 8.39. The number of nitrogen functional groups attached to an aromatic ring is 2. The number of imidazole rings is 2. The Labute approximate surface area is 399 Å². The van der Waals surface area contributed by atoms with Gasteiger partial charge in [0.15, 0.2) is 67.3 Å². The second kappa shape index (κ2) is 22.8. The average Bonchev–Trinajstić information content (AvgIpc) is 3.95. The summed E-state index contributed by atoms with van der Waals surface area (Å²) < 4.78 is 41.8. The second-order valence-corrected chi connectivity index (χ2v) is 19.1. The van der Waals surface area contributed by atoms with Crippen molar-refractivity contribution in [2.45, 2.75) is 110 Å². The van der Waals surface area contributed by atoms with E-state index < -0.39 is 6.08 Å². The van der Waals surface area contributed by atoms with Gasteiger partial charge >= 0.3 is 6.08 Å². The summed E-state index contributed by atoms with van der Waals surface area (Å²) in [6.07, 6.45) is 1.46. The van der Waals surface area contributed by atoms with Gasteiger partial charge in [0.1, 0.15) is 6.33 Å². The number of halogens is 3. The number of hydrogen-bond acceptors (Lipinski definition) is 16. The highest BCUT2D eigenvalue weighted by Gasteiger charge is 2.23. The van der Waals surface area contributed by atoms with Crippen LogP contribution in [0.4, 0.5) is 16.0 Å². The molecule has 0 fully saturated rings. The van der Waals surface area contributed by atoms with Gasteiger partial charge in [0.25, 0.3) is 0 Å². The number of nitrogens with two attached hydrogens (primary N) is 2. The number of aryl methyl sites for hydroxylation is 1. The highest BCUT2D eigenvalue weighted by atomic mass is 127. The third kappa shape index (κ3) is 12.5. The SMILES string of the molecule is C.C.C.C.CC(C)(C)CNCCn1c(Sc2cc3c(cc2I)OCO3)nc2c(N)ncnc21.CC(C)NCCCn1c(Sc2cc3c(cc2I)OCO3)nc2c(N)nc(F)nc21. The lowest BCUT2D eigenvalue weighted by molar-refractivity contribution is 0.173. The molecular formula is C41H59FI2N12O4S2. The maximum atomic E-state index is 13.8. The first kappa shape index (κ1) is 52.7. The summed E-state index contributed by atoms with van der Waals surface area (Å²) >= 11 is 7.57. The van der Waals surface area contributed by atoms with E-state index in [0.717, 1.165) is 77.6 Å². The van der Waals surface area contributed by atoms with E-state index in [9.17, 15) is 4.39 Å². The Kier molecular flexibility index (Phi) is 19.4. The molecule has 4 aromatic heterocycles. The van der Waals surface area contributed by atoms with Crippen LogP contribution < -0.4 is 41.0 Å². The number of nitrogens with zero attached hydrogens (tertiary/aromatic N) is 8. The smallest absolute Gasteiger partial charge is 0.312 e. The molecule has 6 aromatic rings. The molecule has 0 saturated carbocycles. The van der Waals surface area contributed by atoms with Gasteiger partial charge in [-0.3, -0.25) is 0 Å². The highest BCUT2D eigenvalue weighted by Crippen LogP contribution is 2.43. The van der Waals surface area contributed by atoms with Gasteiger partial charge in [-0.25, -0.2) is 19.9 Å². The van der Waals surface area contributed by atoms with Gasteiger partial charge in [-0.1, -0.05) is 87.8 Å². The third-order valence-electron chi connectivity index (χ3n) is 8.62. The monoisotopic (exact) mass is 1120 g/mol. The Morgan fingerprint density at radius 1 is 0.726 bits per heavy atom. The fourth-order valence-electron chi connectivity index (χ4n) is 5.90. The van der Waals surface area contributed by atoms with E-state index >= 15 is 0 Å². The number of hydrogen-bond donors (Lipinski definition) is 4. The van der Waals surface area contributed by atoms with Crippen LogP contribution in [0.3, 0.4) is 0 Å². The molecule has 2 aliphatic rings. The summed E-state index contributed by atoms with van der Waals surface area (Å²) in [5.41, 5.74) is 14.4. The van der Waals surface area contributed by atoms with Crippen LogP contribution in [0.2, 0.25) is 0 Å². The molecule has 62 heavy (non-hydrogen) atoms. The van der Waals surface area contributed by atoms with Crippen LogP contribution in [0.25, 0.3) is 22.3 Å². The maximum absolute atomic E-state index is 13.8. The molecule has 0 amide bonds. The molecule has 6 heterocycles. The lowest BCUT2D eigenvalue weighted by Crippen LogP contribution is -2.29. The van der Waals surface area contributed by atoms with E-state index in [1.807, 2.05) is 28.8 Å². The number of anilines is 2. The van der Waals surface area contributed by atoms with Crippen LogP contribution in [0, 0.1) is 18.6 Å². The molecule has 0 bridgehead atoms. The quantitative estimate of drug-likeness (QED) is 0.0484. The van der Waals surface area contributed by atoms with Crippen LogP contribution in [0.15, 0.2) is 50.7 Å². The van der Waals surface area contributed by atoms with Crippen molar-refractivity contribution in [1.82, 2.24) is 49.7 Å². The number of fused-ring (bicyclic) bond motifs is 4. The number of rotatable bonds is 13. The molecule has 6 N–H and O–H groups in total. The van der Waals surface area contributed by atoms with E-state index in [1.54, 1.807) is 11.8 Å². The van der Waals surface area contributed by atoms with Crippen molar-refractivity contribution >= 4 is 103 Å². The minimum Gasteiger partial charge on any atom is -0.454 e. The number of ether oxygens (including phenoxy) is 4. The summed E-state index contributed by atoms with van der Waals surface area (Å²) in [5.74, 6) is 3.37. The fraction of sp³-hybridized carbons (Fsp3) is 0.463. The van der Waals surface area contributed by atoms with E-state index in [0.29, 0.717) is 46.0 Å². The summed E-state index contributed by atoms with van der Waals surface area (Å²) in [7, 11) is 0. The van der Waals surface area contributed by atoms with Gasteiger partial charge < -0.3 is 50.2 Å². The zero-order valence-corrected chi connectivity index (χ0v) is 38.4. The van der Waals surface area contributed by atoms with Gasteiger partial charge in [0.2, 0.25) is 13.6 Å². The Morgan fingerprint density at radius 3 is 1.77 bits per heavy atom. The predicted octanol–water partition coefficient (Wildman–Crippen LogP) is 9.49. The highest BCUT2D eigenvalue weighted by molar-refractivity contribution is 14.1. The largest absolute Gasteiger partial charge is 0.454 e. The fourth-order valence-corrected chi connectivity index (χ4v) is 9.33. The Hall–Kier alpha value is -3.65. The van der Waals surface area contributed by atoms with Gasteiger partial charge in [-0.2, -0.15) is 14.4 Å². The zero-order chi connectivity index (χ0) is 41.1. The molecule has 340 valence electrons. The zero-order valence-electron chi connectivity index (χ0n) is 32.4. The maximum Gasteiger partial charge on any atom is 0.312 e. The molecule has 0 radical (unpaired) electrons. The van der Waals surface area contributed by atoms with E-state index in [1.165, 1.54) is 18.1 Å². The molecule has 0 spiro atoms. The normalized spacial score (nSPS) is 12.3. The van der Waals surface area contributed by atoms with Gasteiger partial charge in [-0.05, 0) is 87.8 Å². The lowest BCUT2D eigenvalue weighted by Gasteiger charge is -2.19. The van der Waals surface area contributed by atoms with Gasteiger partial charge in [0.05, 0.1) is 0 Å². The van der Waals surface area contributed by atoms with Crippen molar-refractivity contribution in [3.63, 3.8) is 0 Å². The molecular weight excluding hydrogens is 1060 g/mol. The molecule has 0 atom stereocenters. The third-order valence-corrected chi connectivity index (χ3v) is 13.2. The van der Waals surface area contributed by atoms with Crippen LogP contribution in [0.5, 0.6) is 23.0 Å². The second-order valence-electron chi connectivity index (χ2n) is 14.7. The standard InChI is InChI=1S/C19H23IN6O2S.C18H20FIN6O2S.4CH4/c1-19(2,3)8-22-4-5-26-17-15(16(21)23-9-24-17)25-18(26)29-14-7-13-12(6-11(14)20)27-10-28-13;1-9(2)22-4-3-5-26-16-14(15(21)24-17(19)25-16)23-18(26)29-13-7-12-11(6-10(13)20)27-8-28-12;;;;/h6-7,9,22H,4-5,8,10H2,1-3H3,(H2,21,23,24);6-7,9,22H,3-5,8H2,1-2H3,(H2,21,24,25);4*1H4. The van der Waals surface area contributed by atoms with Crippen LogP contribution in [-0.2, 0) is 13.1 Å². The first-order valence-corrected chi connectivity index (χ1v) is 22.2. The Balaban J connectivity index is 0.000000310. The molecule has 0 unspecified atom stereocenters. The minimum atomic E-state index is -0.856. The van der Waals surface area contributed by atoms with Gasteiger partial charge in [-0.15, -0.1) is 0 Å². The van der Waals surface area contributed by atoms with Gasteiger partial charge in [0, 0.05) is 49.2 Å². The first-order chi connectivity index (χ1) is 27.7. The van der Waals surface area contributed by atoms with Crippen molar-refractivity contribution in [2.24, 2.45) is 5.41 Å². The summed E-state index contributed by atoms with van der Waals surface area (Å²) in [4.78, 5) is 27.4. The predicted molar refractivity (Wildman–Crippen MR) is 265 cm³/mol. The Morgan fingerprint density at radius 2 is 1.24 bits per heavy atom. The van der Waals surface area contributed by atoms with E-state index in [2.05, 4.69) is 120 Å². The van der Waals surface area contributed by atoms with Crippen molar-refractivity contribution in [3.05, 3.63) is 43.8 Å².